The number of nitrogens with two attached hydrogens (primary N) is 1. The molecule has 78 valence electrons. The summed E-state index contributed by atoms with van der Waals surface area (Å²) in [5, 5.41) is 7.74. The first kappa shape index (κ1) is 10.8. The Bertz CT molecular complexity index is 310. The van der Waals surface area contributed by atoms with Gasteiger partial charge in [-0.25, -0.2) is 9.78 Å². The topological polar surface area (TPSA) is 80.0 Å². The van der Waals surface area contributed by atoms with Crippen molar-refractivity contribution in [2.24, 2.45) is 0 Å². The minimum atomic E-state index is -0.188. The zero-order valence-corrected chi connectivity index (χ0v) is 9.02. The summed E-state index contributed by atoms with van der Waals surface area (Å²) in [7, 11) is 0. The van der Waals surface area contributed by atoms with Gasteiger partial charge in [0.15, 0.2) is 5.13 Å². The van der Waals surface area contributed by atoms with E-state index < -0.39 is 0 Å². The number of nitrogen functional groups attached to an aromatic ring is 1. The van der Waals surface area contributed by atoms with E-state index in [1.807, 2.05) is 19.2 Å². The number of hydrogen-bond acceptors (Lipinski definition) is 4. The summed E-state index contributed by atoms with van der Waals surface area (Å²) in [6, 6.07) is -0.0536. The van der Waals surface area contributed by atoms with Crippen LogP contribution in [-0.2, 0) is 6.54 Å². The molecule has 0 aliphatic heterocycles. The quantitative estimate of drug-likeness (QED) is 0.700. The lowest BCUT2D eigenvalue weighted by molar-refractivity contribution is 0.238. The van der Waals surface area contributed by atoms with Gasteiger partial charge in [0.1, 0.15) is 0 Å². The highest BCUT2D eigenvalue weighted by atomic mass is 32.1. The third-order valence-electron chi connectivity index (χ3n) is 1.42. The molecule has 1 aromatic rings. The molecular formula is C8H14N4OS. The number of carbonyl (C=O) groups is 1. The van der Waals surface area contributed by atoms with Gasteiger partial charge in [0.05, 0.1) is 12.2 Å². The molecule has 4 N–H and O–H groups in total. The van der Waals surface area contributed by atoms with Crippen molar-refractivity contribution in [1.82, 2.24) is 15.6 Å². The molecule has 14 heavy (non-hydrogen) atoms. The molecule has 1 aromatic heterocycles. The molecule has 0 radical (unpaired) electrons. The molecule has 1 rings (SSSR count). The first-order valence-electron chi connectivity index (χ1n) is 4.32. The fraction of sp³-hybridized carbons (Fsp3) is 0.500. The SMILES string of the molecule is CC(C)NC(=O)NCc1csc(N)n1. The molecule has 0 bridgehead atoms. The predicted molar refractivity (Wildman–Crippen MR) is 57.0 cm³/mol. The molecule has 2 amide bonds. The van der Waals surface area contributed by atoms with Crippen molar-refractivity contribution in [3.05, 3.63) is 11.1 Å². The first-order chi connectivity index (χ1) is 6.58. The van der Waals surface area contributed by atoms with Gasteiger partial charge in [-0.2, -0.15) is 0 Å². The Morgan fingerprint density at radius 2 is 2.43 bits per heavy atom. The molecule has 1 heterocycles. The number of nitrogens with one attached hydrogen (secondary N) is 2. The Hall–Kier alpha value is -1.30. The summed E-state index contributed by atoms with van der Waals surface area (Å²) in [4.78, 5) is 15.2. The minimum Gasteiger partial charge on any atom is -0.375 e. The molecule has 0 fully saturated rings. The highest BCUT2D eigenvalue weighted by molar-refractivity contribution is 7.13. The summed E-state index contributed by atoms with van der Waals surface area (Å²) >= 11 is 1.36. The van der Waals surface area contributed by atoms with Crippen LogP contribution in [0.3, 0.4) is 0 Å². The summed E-state index contributed by atoms with van der Waals surface area (Å²) in [6.07, 6.45) is 0. The van der Waals surface area contributed by atoms with E-state index in [9.17, 15) is 4.79 Å². The van der Waals surface area contributed by atoms with Crippen molar-refractivity contribution in [3.63, 3.8) is 0 Å². The smallest absolute Gasteiger partial charge is 0.315 e. The lowest BCUT2D eigenvalue weighted by Crippen LogP contribution is -2.39. The molecule has 6 heteroatoms. The van der Waals surface area contributed by atoms with Crippen molar-refractivity contribution in [3.8, 4) is 0 Å². The van der Waals surface area contributed by atoms with Crippen LogP contribution in [0.2, 0.25) is 0 Å². The lowest BCUT2D eigenvalue weighted by atomic mass is 10.4. The second-order valence-electron chi connectivity index (χ2n) is 3.16. The fourth-order valence-electron chi connectivity index (χ4n) is 0.888. The van der Waals surface area contributed by atoms with Gasteiger partial charge in [-0.1, -0.05) is 0 Å². The molecule has 0 saturated heterocycles. The third-order valence-corrected chi connectivity index (χ3v) is 2.14. The molecular weight excluding hydrogens is 200 g/mol. The molecule has 0 unspecified atom stereocenters. The highest BCUT2D eigenvalue weighted by Crippen LogP contribution is 2.10. The number of anilines is 1. The van der Waals surface area contributed by atoms with Crippen molar-refractivity contribution in [2.75, 3.05) is 5.73 Å². The van der Waals surface area contributed by atoms with E-state index in [4.69, 9.17) is 5.73 Å². The van der Waals surface area contributed by atoms with Crippen molar-refractivity contribution >= 4 is 22.5 Å². The van der Waals surface area contributed by atoms with Gasteiger partial charge in [0.2, 0.25) is 0 Å². The molecule has 0 atom stereocenters. The molecule has 5 nitrogen and oxygen atoms in total. The second-order valence-corrected chi connectivity index (χ2v) is 4.05. The van der Waals surface area contributed by atoms with Crippen LogP contribution in [-0.4, -0.2) is 17.1 Å². The zero-order chi connectivity index (χ0) is 10.6. The number of thiazole rings is 1. The van der Waals surface area contributed by atoms with Crippen LogP contribution in [0.15, 0.2) is 5.38 Å². The highest BCUT2D eigenvalue weighted by Gasteiger charge is 2.03. The van der Waals surface area contributed by atoms with Crippen LogP contribution in [0.1, 0.15) is 19.5 Å². The van der Waals surface area contributed by atoms with Gasteiger partial charge in [-0.05, 0) is 13.8 Å². The monoisotopic (exact) mass is 214 g/mol. The Morgan fingerprint density at radius 1 is 1.71 bits per heavy atom. The average molecular weight is 214 g/mol. The van der Waals surface area contributed by atoms with Crippen LogP contribution < -0.4 is 16.4 Å². The van der Waals surface area contributed by atoms with Gasteiger partial charge < -0.3 is 16.4 Å². The lowest BCUT2D eigenvalue weighted by Gasteiger charge is -2.08. The average Bonchev–Trinajstić information content (AvgIpc) is 2.47. The van der Waals surface area contributed by atoms with Crippen LogP contribution in [0, 0.1) is 0 Å². The van der Waals surface area contributed by atoms with Crippen LogP contribution in [0.25, 0.3) is 0 Å². The van der Waals surface area contributed by atoms with Gasteiger partial charge in [0.25, 0.3) is 0 Å². The number of aromatic nitrogens is 1. The number of carbonyl (C=O) groups excluding carboxylic acids is 1. The van der Waals surface area contributed by atoms with Gasteiger partial charge in [-0.3, -0.25) is 0 Å². The predicted octanol–water partition coefficient (Wildman–Crippen LogP) is 0.933. The van der Waals surface area contributed by atoms with E-state index in [0.29, 0.717) is 11.7 Å². The standard InChI is InChI=1S/C8H14N4OS/c1-5(2)11-8(13)10-3-6-4-14-7(9)12-6/h4-5H,3H2,1-2H3,(H2,9,12)(H2,10,11,13). The second kappa shape index (κ2) is 4.80. The first-order valence-corrected chi connectivity index (χ1v) is 5.20. The van der Waals surface area contributed by atoms with Crippen LogP contribution in [0.4, 0.5) is 9.93 Å². The summed E-state index contributed by atoms with van der Waals surface area (Å²) in [5.41, 5.74) is 6.23. The van der Waals surface area contributed by atoms with Gasteiger partial charge in [-0.15, -0.1) is 11.3 Å². The van der Waals surface area contributed by atoms with Crippen LogP contribution in [0.5, 0.6) is 0 Å². The van der Waals surface area contributed by atoms with E-state index in [0.717, 1.165) is 5.69 Å². The Balaban J connectivity index is 2.30. The van der Waals surface area contributed by atoms with Gasteiger partial charge >= 0.3 is 6.03 Å². The maximum Gasteiger partial charge on any atom is 0.315 e. The van der Waals surface area contributed by atoms with Gasteiger partial charge in [0, 0.05) is 11.4 Å². The van der Waals surface area contributed by atoms with E-state index in [2.05, 4.69) is 15.6 Å². The molecule has 0 saturated carbocycles. The van der Waals surface area contributed by atoms with Crippen LogP contribution >= 0.6 is 11.3 Å². The number of nitrogens with zero attached hydrogens (tertiary/aromatic N) is 1. The van der Waals surface area contributed by atoms with E-state index in [1.165, 1.54) is 11.3 Å². The molecule has 0 aliphatic carbocycles. The molecule has 0 spiro atoms. The molecule has 0 aromatic carbocycles. The summed E-state index contributed by atoms with van der Waals surface area (Å²) < 4.78 is 0. The summed E-state index contributed by atoms with van der Waals surface area (Å²) in [6.45, 7) is 4.22. The maximum absolute atomic E-state index is 11.2. The number of rotatable bonds is 3. The van der Waals surface area contributed by atoms with E-state index >= 15 is 0 Å². The summed E-state index contributed by atoms with van der Waals surface area (Å²) in [5.74, 6) is 0. The van der Waals surface area contributed by atoms with E-state index in [1.54, 1.807) is 0 Å². The Labute approximate surface area is 86.7 Å². The van der Waals surface area contributed by atoms with Crippen molar-refractivity contribution < 1.29 is 4.79 Å². The normalized spacial score (nSPS) is 10.2. The number of amides is 2. The molecule has 0 aliphatic rings. The van der Waals surface area contributed by atoms with Crippen molar-refractivity contribution in [1.29, 1.82) is 0 Å². The minimum absolute atomic E-state index is 0.135. The Morgan fingerprint density at radius 3 is 2.93 bits per heavy atom. The number of urea groups is 1. The largest absolute Gasteiger partial charge is 0.375 e. The maximum atomic E-state index is 11.2. The fourth-order valence-corrected chi connectivity index (χ4v) is 1.45. The Kier molecular flexibility index (Phi) is 3.70. The number of hydrogen-bond donors (Lipinski definition) is 3. The van der Waals surface area contributed by atoms with Crippen molar-refractivity contribution in [2.45, 2.75) is 26.4 Å². The zero-order valence-electron chi connectivity index (χ0n) is 8.20. The van der Waals surface area contributed by atoms with E-state index in [-0.39, 0.29) is 12.1 Å². The third kappa shape index (κ3) is 3.61.